The Bertz CT molecular complexity index is 1370. The first-order chi connectivity index (χ1) is 18.4. The van der Waals surface area contributed by atoms with E-state index in [4.69, 9.17) is 14.2 Å². The molecule has 1 saturated heterocycles. The summed E-state index contributed by atoms with van der Waals surface area (Å²) in [5.41, 5.74) is 1.39. The molecule has 1 amide bonds. The van der Waals surface area contributed by atoms with Gasteiger partial charge in [0.15, 0.2) is 5.01 Å². The van der Waals surface area contributed by atoms with Gasteiger partial charge in [0.05, 0.1) is 65.9 Å². The van der Waals surface area contributed by atoms with Crippen molar-refractivity contribution in [1.29, 1.82) is 0 Å². The van der Waals surface area contributed by atoms with E-state index < -0.39 is 22.0 Å². The van der Waals surface area contributed by atoms with Crippen molar-refractivity contribution in [2.45, 2.75) is 43.6 Å². The summed E-state index contributed by atoms with van der Waals surface area (Å²) in [6.07, 6.45) is 8.14. The molecule has 202 valence electrons. The molecule has 1 aliphatic carbocycles. The highest BCUT2D eigenvalue weighted by atomic mass is 32.2. The number of carbonyl (C=O) groups is 1. The first kappa shape index (κ1) is 26.4. The fourth-order valence-electron chi connectivity index (χ4n) is 3.81. The van der Waals surface area contributed by atoms with Crippen molar-refractivity contribution < 1.29 is 27.4 Å². The molecule has 1 saturated carbocycles. The van der Waals surface area contributed by atoms with Crippen LogP contribution >= 0.6 is 11.3 Å². The predicted molar refractivity (Wildman–Crippen MR) is 139 cm³/mol. The summed E-state index contributed by atoms with van der Waals surface area (Å²) >= 11 is 1.17. The molecule has 5 rings (SSSR count). The summed E-state index contributed by atoms with van der Waals surface area (Å²) in [6, 6.07) is 2.54. The largest absolute Gasteiger partial charge is 0.477 e. The lowest BCUT2D eigenvalue weighted by molar-refractivity contribution is 0.0285. The Morgan fingerprint density at radius 3 is 2.87 bits per heavy atom. The highest BCUT2D eigenvalue weighted by molar-refractivity contribution is 7.93. The van der Waals surface area contributed by atoms with Crippen LogP contribution in [0.4, 0.5) is 5.69 Å². The molecule has 0 radical (unpaired) electrons. The summed E-state index contributed by atoms with van der Waals surface area (Å²) in [5, 5.41) is 2.80. The molecule has 3 aromatic heterocycles. The minimum Gasteiger partial charge on any atom is -0.477 e. The number of carbonyl (C=O) groups excluding carboxylic acids is 1. The summed E-state index contributed by atoms with van der Waals surface area (Å²) in [7, 11) is -3.45. The fraction of sp³-hybridized carbons (Fsp3) is 0.458. The van der Waals surface area contributed by atoms with Crippen molar-refractivity contribution in [3.8, 4) is 16.5 Å². The van der Waals surface area contributed by atoms with Crippen molar-refractivity contribution in [1.82, 2.24) is 25.3 Å². The smallest absolute Gasteiger partial charge is 0.280 e. The van der Waals surface area contributed by atoms with Gasteiger partial charge in [-0.1, -0.05) is 0 Å². The summed E-state index contributed by atoms with van der Waals surface area (Å²) in [6.45, 7) is 3.55. The molecule has 3 aromatic rings. The Labute approximate surface area is 224 Å². The Morgan fingerprint density at radius 1 is 1.24 bits per heavy atom. The molecular formula is C24H28N6O6S2. The molecule has 4 heterocycles. The topological polar surface area (TPSA) is 155 Å². The minimum absolute atomic E-state index is 0.0893. The van der Waals surface area contributed by atoms with Gasteiger partial charge in [0.1, 0.15) is 5.69 Å². The molecule has 2 atom stereocenters. The Hall–Kier alpha value is -3.20. The maximum absolute atomic E-state index is 13.2. The molecule has 2 aliphatic rings. The second-order valence-corrected chi connectivity index (χ2v) is 11.9. The lowest BCUT2D eigenvalue weighted by atomic mass is 10.2. The first-order valence-electron chi connectivity index (χ1n) is 12.3. The highest BCUT2D eigenvalue weighted by Gasteiger charge is 2.36. The van der Waals surface area contributed by atoms with Gasteiger partial charge >= 0.3 is 0 Å². The number of ether oxygens (including phenoxy) is 3. The normalized spacial score (nSPS) is 18.2. The maximum atomic E-state index is 13.2. The van der Waals surface area contributed by atoms with E-state index >= 15 is 0 Å². The number of hydrogen-bond acceptors (Lipinski definition) is 11. The maximum Gasteiger partial charge on any atom is 0.280 e. The van der Waals surface area contributed by atoms with E-state index in [1.54, 1.807) is 24.5 Å². The van der Waals surface area contributed by atoms with Gasteiger partial charge in [0.25, 0.3) is 5.91 Å². The minimum atomic E-state index is -3.45. The van der Waals surface area contributed by atoms with Gasteiger partial charge in [0.2, 0.25) is 15.9 Å². The van der Waals surface area contributed by atoms with Crippen LogP contribution in [0.15, 0.2) is 36.9 Å². The number of aromatic nitrogens is 4. The van der Waals surface area contributed by atoms with E-state index in [9.17, 15) is 13.2 Å². The Balaban J connectivity index is 1.33. The zero-order valence-electron chi connectivity index (χ0n) is 20.7. The van der Waals surface area contributed by atoms with Gasteiger partial charge in [0, 0.05) is 19.0 Å². The Kier molecular flexibility index (Phi) is 8.12. The van der Waals surface area contributed by atoms with Gasteiger partial charge in [-0.05, 0) is 38.3 Å². The van der Waals surface area contributed by atoms with Crippen LogP contribution in [0.5, 0.6) is 5.88 Å². The van der Waals surface area contributed by atoms with Gasteiger partial charge < -0.3 is 19.5 Å². The number of amides is 1. The second kappa shape index (κ2) is 11.7. The van der Waals surface area contributed by atoms with Gasteiger partial charge in [-0.15, -0.1) is 11.3 Å². The third-order valence-corrected chi connectivity index (χ3v) is 8.80. The lowest BCUT2D eigenvalue weighted by Gasteiger charge is -2.20. The number of anilines is 1. The molecule has 0 bridgehead atoms. The number of sulfonamides is 1. The number of pyridine rings is 1. The quantitative estimate of drug-likeness (QED) is 0.338. The van der Waals surface area contributed by atoms with Crippen molar-refractivity contribution in [2.24, 2.45) is 0 Å². The third kappa shape index (κ3) is 6.62. The molecule has 38 heavy (non-hydrogen) atoms. The van der Waals surface area contributed by atoms with Crippen molar-refractivity contribution in [2.75, 3.05) is 31.1 Å². The van der Waals surface area contributed by atoms with Crippen LogP contribution in [-0.4, -0.2) is 72.0 Å². The van der Waals surface area contributed by atoms with E-state index in [1.165, 1.54) is 23.7 Å². The summed E-state index contributed by atoms with van der Waals surface area (Å²) < 4.78 is 44.2. The molecule has 1 aliphatic heterocycles. The van der Waals surface area contributed by atoms with Crippen LogP contribution in [0, 0.1) is 0 Å². The molecule has 14 heteroatoms. The average Bonchev–Trinajstić information content (AvgIpc) is 3.44. The van der Waals surface area contributed by atoms with Crippen LogP contribution in [0.1, 0.15) is 47.7 Å². The fourth-order valence-corrected chi connectivity index (χ4v) is 5.96. The van der Waals surface area contributed by atoms with Crippen molar-refractivity contribution in [3.63, 3.8) is 0 Å². The van der Waals surface area contributed by atoms with E-state index in [2.05, 4.69) is 30.0 Å². The Morgan fingerprint density at radius 2 is 2.11 bits per heavy atom. The standard InChI is InChI=1S/C24H28N6O6S2/c1-2-35-22-12-25-10-19(28-22)21-11-27-24(37-21)23(31)29-20(14-36-16-6-8-34-13-16)18-9-15(5-7-26-18)30-38(32,33)17-3-4-17/h5,7,9-12,16-17,20H,2-4,6,8,13-14H2,1H3,(H,26,30)(H,29,31)/t16-,20+/m1/s1. The van der Waals surface area contributed by atoms with Crippen molar-refractivity contribution in [3.05, 3.63) is 47.6 Å². The first-order valence-corrected chi connectivity index (χ1v) is 14.7. The van der Waals surface area contributed by atoms with Crippen LogP contribution < -0.4 is 14.8 Å². The average molecular weight is 561 g/mol. The molecule has 0 spiro atoms. The summed E-state index contributed by atoms with van der Waals surface area (Å²) in [4.78, 5) is 31.1. The lowest BCUT2D eigenvalue weighted by Crippen LogP contribution is -2.33. The predicted octanol–water partition coefficient (Wildman–Crippen LogP) is 2.57. The third-order valence-electron chi connectivity index (χ3n) is 5.91. The van der Waals surface area contributed by atoms with Crippen molar-refractivity contribution >= 4 is 33.0 Å². The molecule has 2 N–H and O–H groups in total. The SMILES string of the molecule is CCOc1cncc(-c2cnc(C(=O)N[C@@H](CO[C@@H]3CCOC3)c3cc(NS(=O)(=O)C4CC4)ccn3)s2)n1. The summed E-state index contributed by atoms with van der Waals surface area (Å²) in [5.74, 6) is -0.0296. The number of rotatable bonds is 12. The van der Waals surface area contributed by atoms with Gasteiger partial charge in [-0.25, -0.2) is 18.4 Å². The number of hydrogen-bond donors (Lipinski definition) is 2. The van der Waals surface area contributed by atoms with E-state index in [0.29, 0.717) is 60.5 Å². The van der Waals surface area contributed by atoms with Crippen LogP contribution in [0.2, 0.25) is 0 Å². The molecule has 12 nitrogen and oxygen atoms in total. The zero-order valence-corrected chi connectivity index (χ0v) is 22.3. The molecule has 0 unspecified atom stereocenters. The second-order valence-electron chi connectivity index (χ2n) is 8.87. The van der Waals surface area contributed by atoms with Crippen LogP contribution in [0.3, 0.4) is 0 Å². The van der Waals surface area contributed by atoms with E-state index in [1.807, 2.05) is 6.92 Å². The highest BCUT2D eigenvalue weighted by Crippen LogP contribution is 2.30. The molecule has 2 fully saturated rings. The zero-order chi connectivity index (χ0) is 26.5. The van der Waals surface area contributed by atoms with Crippen LogP contribution in [-0.2, 0) is 19.5 Å². The van der Waals surface area contributed by atoms with Gasteiger partial charge in [-0.2, -0.15) is 0 Å². The van der Waals surface area contributed by atoms with E-state index in [-0.39, 0.29) is 23.0 Å². The molecular weight excluding hydrogens is 532 g/mol. The van der Waals surface area contributed by atoms with Crippen LogP contribution in [0.25, 0.3) is 10.6 Å². The number of nitrogens with zero attached hydrogens (tertiary/aromatic N) is 4. The number of nitrogens with one attached hydrogen (secondary N) is 2. The molecule has 0 aromatic carbocycles. The number of thiazole rings is 1. The van der Waals surface area contributed by atoms with E-state index in [0.717, 1.165) is 6.42 Å². The monoisotopic (exact) mass is 560 g/mol. The van der Waals surface area contributed by atoms with Gasteiger partial charge in [-0.3, -0.25) is 19.5 Å².